The summed E-state index contributed by atoms with van der Waals surface area (Å²) < 4.78 is 21.2. The fourth-order valence-electron chi connectivity index (χ4n) is 6.43. The van der Waals surface area contributed by atoms with E-state index in [9.17, 15) is 9.90 Å². The molecule has 0 spiro atoms. The Kier molecular flexibility index (Phi) is 5.18. The number of hydrogen-bond acceptors (Lipinski definition) is 4. The van der Waals surface area contributed by atoms with Crippen molar-refractivity contribution in [2.24, 2.45) is 11.8 Å². The topological polar surface area (TPSA) is 62.7 Å². The number of aromatic nitrogens is 1. The van der Waals surface area contributed by atoms with Crippen LogP contribution in [0.5, 0.6) is 5.88 Å². The molecule has 0 saturated heterocycles. The van der Waals surface area contributed by atoms with Crippen molar-refractivity contribution in [3.63, 3.8) is 0 Å². The summed E-state index contributed by atoms with van der Waals surface area (Å²) in [5, 5.41) is 9.31. The molecule has 2 aromatic carbocycles. The second kappa shape index (κ2) is 8.16. The number of fused-ring (bicyclic) bond motifs is 4. The molecule has 0 bridgehead atoms. The van der Waals surface area contributed by atoms with E-state index in [0.717, 1.165) is 29.5 Å². The summed E-state index contributed by atoms with van der Waals surface area (Å²) in [4.78, 5) is 17.9. The molecule has 1 saturated carbocycles. The summed E-state index contributed by atoms with van der Waals surface area (Å²) in [6.45, 7) is 2.23. The second-order valence-corrected chi connectivity index (χ2v) is 10.5. The Morgan fingerprint density at radius 1 is 1.14 bits per heavy atom. The predicted octanol–water partition coefficient (Wildman–Crippen LogP) is 5.22. The van der Waals surface area contributed by atoms with Crippen molar-refractivity contribution in [3.8, 4) is 5.88 Å². The highest BCUT2D eigenvalue weighted by atomic mass is 19.1. The quantitative estimate of drug-likeness (QED) is 0.533. The third kappa shape index (κ3) is 3.62. The molecule has 1 heterocycles. The van der Waals surface area contributed by atoms with Gasteiger partial charge in [0.05, 0.1) is 5.92 Å². The number of nitrogens with zero attached hydrogens (tertiary/aromatic N) is 2. The minimum atomic E-state index is -0.724. The van der Waals surface area contributed by atoms with Crippen molar-refractivity contribution in [3.05, 3.63) is 93.4 Å². The van der Waals surface area contributed by atoms with Gasteiger partial charge in [0.1, 0.15) is 12.4 Å². The van der Waals surface area contributed by atoms with E-state index >= 15 is 4.39 Å². The molecule has 5 atom stereocenters. The van der Waals surface area contributed by atoms with Crippen molar-refractivity contribution in [1.82, 2.24) is 9.88 Å². The Hall–Kier alpha value is -3.25. The van der Waals surface area contributed by atoms with E-state index in [1.807, 2.05) is 26.2 Å². The Bertz CT molecular complexity index is 1340. The molecule has 1 fully saturated rings. The second-order valence-electron chi connectivity index (χ2n) is 10.5. The average molecular weight is 473 g/mol. The van der Waals surface area contributed by atoms with E-state index in [-0.39, 0.29) is 42.1 Å². The first-order valence-electron chi connectivity index (χ1n) is 12.2. The van der Waals surface area contributed by atoms with E-state index in [4.69, 9.17) is 4.74 Å². The Balaban J connectivity index is 1.26. The molecule has 0 unspecified atom stereocenters. The number of benzene rings is 2. The van der Waals surface area contributed by atoms with E-state index < -0.39 is 5.97 Å². The summed E-state index contributed by atoms with van der Waals surface area (Å²) in [5.74, 6) is -0.323. The molecule has 1 N–H and O–H groups in total. The van der Waals surface area contributed by atoms with Gasteiger partial charge < -0.3 is 14.7 Å². The highest BCUT2D eigenvalue weighted by molar-refractivity contribution is 5.77. The maximum absolute atomic E-state index is 15.2. The van der Waals surface area contributed by atoms with Crippen LogP contribution in [0.2, 0.25) is 0 Å². The summed E-state index contributed by atoms with van der Waals surface area (Å²) >= 11 is 0. The van der Waals surface area contributed by atoms with Crippen LogP contribution < -0.4 is 4.74 Å². The number of hydrogen-bond donors (Lipinski definition) is 1. The molecule has 6 rings (SSSR count). The number of carboxylic acids is 1. The largest absolute Gasteiger partial charge is 0.481 e. The van der Waals surface area contributed by atoms with Crippen LogP contribution in [-0.2, 0) is 17.8 Å². The maximum atomic E-state index is 15.2. The number of rotatable bonds is 6. The van der Waals surface area contributed by atoms with Crippen LogP contribution in [0.15, 0.2) is 48.7 Å². The van der Waals surface area contributed by atoms with Crippen molar-refractivity contribution in [2.45, 2.75) is 44.2 Å². The van der Waals surface area contributed by atoms with Gasteiger partial charge in [0, 0.05) is 35.7 Å². The smallest absolute Gasteiger partial charge is 0.307 e. The summed E-state index contributed by atoms with van der Waals surface area (Å²) in [6.07, 6.45) is 3.41. The fraction of sp³-hybridized carbons (Fsp3) is 0.379. The minimum absolute atomic E-state index is 0.0845. The molecule has 35 heavy (non-hydrogen) atoms. The minimum Gasteiger partial charge on any atom is -0.481 e. The van der Waals surface area contributed by atoms with Gasteiger partial charge in [-0.25, -0.2) is 9.37 Å². The van der Waals surface area contributed by atoms with Gasteiger partial charge in [-0.2, -0.15) is 0 Å². The van der Waals surface area contributed by atoms with E-state index in [1.165, 1.54) is 16.7 Å². The molecule has 3 aliphatic rings. The normalized spacial score (nSPS) is 25.8. The lowest BCUT2D eigenvalue weighted by molar-refractivity contribution is -0.139. The monoisotopic (exact) mass is 472 g/mol. The number of aliphatic carboxylic acids is 1. The molecular weight excluding hydrogens is 443 g/mol. The molecule has 180 valence electrons. The van der Waals surface area contributed by atoms with Crippen LogP contribution in [-0.4, -0.2) is 35.1 Å². The highest BCUT2D eigenvalue weighted by Gasteiger charge is 2.59. The third-order valence-electron chi connectivity index (χ3n) is 8.28. The number of carbonyl (C=O) groups is 1. The van der Waals surface area contributed by atoms with Crippen LogP contribution in [0.3, 0.4) is 0 Å². The lowest BCUT2D eigenvalue weighted by Gasteiger charge is -2.21. The number of aryl methyl sites for hydroxylation is 1. The summed E-state index contributed by atoms with van der Waals surface area (Å²) in [6, 6.07) is 14.2. The van der Waals surface area contributed by atoms with Crippen molar-refractivity contribution in [2.75, 3.05) is 14.1 Å². The predicted molar refractivity (Wildman–Crippen MR) is 130 cm³/mol. The Morgan fingerprint density at radius 3 is 2.69 bits per heavy atom. The number of ether oxygens (including phenoxy) is 1. The molecular formula is C29H29FN2O3. The number of halogens is 1. The van der Waals surface area contributed by atoms with E-state index in [2.05, 4.69) is 41.1 Å². The lowest BCUT2D eigenvalue weighted by Crippen LogP contribution is -2.18. The standard InChI is InChI=1S/C29H29FN2O3/c1-15-6-4-5-7-18(15)20-12-25(32(2)3)21-11-24(30)17(9-19(20)21)14-35-26-10-16-8-22-27(23(16)13-31-26)28(22)29(33)34/h4-7,9-11,13,20,22,25,27-28H,8,12,14H2,1-3H3,(H,33,34)/t20-,22-,25+,27-,28+/m1/s1. The molecule has 3 aliphatic carbocycles. The van der Waals surface area contributed by atoms with Crippen LogP contribution in [0.1, 0.15) is 63.2 Å². The maximum Gasteiger partial charge on any atom is 0.307 e. The first-order chi connectivity index (χ1) is 16.8. The van der Waals surface area contributed by atoms with Crippen LogP contribution >= 0.6 is 0 Å². The molecule has 0 aliphatic heterocycles. The van der Waals surface area contributed by atoms with Gasteiger partial charge in [-0.3, -0.25) is 4.79 Å². The van der Waals surface area contributed by atoms with Crippen LogP contribution in [0, 0.1) is 24.6 Å². The molecule has 3 aromatic rings. The van der Waals surface area contributed by atoms with Crippen molar-refractivity contribution < 1.29 is 19.0 Å². The third-order valence-corrected chi connectivity index (χ3v) is 8.28. The number of pyridine rings is 1. The van der Waals surface area contributed by atoms with Gasteiger partial charge in [-0.05, 0) is 85.3 Å². The highest BCUT2D eigenvalue weighted by Crippen LogP contribution is 2.61. The SMILES string of the molecule is Cc1ccccc1[C@H]1C[C@H](N(C)C)c2cc(F)c(COc3cc4c(cn3)[C@H]3[C@@H](C4)[C@@H]3C(=O)O)cc21. The van der Waals surface area contributed by atoms with Gasteiger partial charge in [0.2, 0.25) is 5.88 Å². The van der Waals surface area contributed by atoms with Gasteiger partial charge in [0.15, 0.2) is 0 Å². The van der Waals surface area contributed by atoms with E-state index in [1.54, 1.807) is 12.3 Å². The Morgan fingerprint density at radius 2 is 1.94 bits per heavy atom. The zero-order valence-electron chi connectivity index (χ0n) is 20.2. The molecule has 0 radical (unpaired) electrons. The summed E-state index contributed by atoms with van der Waals surface area (Å²) in [7, 11) is 4.09. The fourth-order valence-corrected chi connectivity index (χ4v) is 6.43. The average Bonchev–Trinajstić information content (AvgIpc) is 3.23. The Labute approximate surface area is 204 Å². The first-order valence-corrected chi connectivity index (χ1v) is 12.2. The molecule has 0 amide bonds. The zero-order chi connectivity index (χ0) is 24.4. The van der Waals surface area contributed by atoms with Crippen molar-refractivity contribution in [1.29, 1.82) is 0 Å². The molecule has 1 aromatic heterocycles. The summed E-state index contributed by atoms with van der Waals surface area (Å²) in [5.41, 5.74) is 7.40. The van der Waals surface area contributed by atoms with Crippen LogP contribution in [0.25, 0.3) is 0 Å². The number of carboxylic acid groups (broad SMARTS) is 1. The molecule has 5 nitrogen and oxygen atoms in total. The van der Waals surface area contributed by atoms with Gasteiger partial charge in [0.25, 0.3) is 0 Å². The van der Waals surface area contributed by atoms with Gasteiger partial charge in [-0.15, -0.1) is 0 Å². The van der Waals surface area contributed by atoms with Crippen molar-refractivity contribution >= 4 is 5.97 Å². The lowest BCUT2D eigenvalue weighted by atomic mass is 9.89. The van der Waals surface area contributed by atoms with E-state index in [0.29, 0.717) is 11.4 Å². The zero-order valence-corrected chi connectivity index (χ0v) is 20.2. The first kappa shape index (κ1) is 22.2. The van der Waals surface area contributed by atoms with Crippen LogP contribution in [0.4, 0.5) is 4.39 Å². The van der Waals surface area contributed by atoms with Gasteiger partial charge >= 0.3 is 5.97 Å². The molecule has 6 heteroatoms. The van der Waals surface area contributed by atoms with Gasteiger partial charge in [-0.1, -0.05) is 24.3 Å².